The second-order valence-electron chi connectivity index (χ2n) is 4.91. The van der Waals surface area contributed by atoms with E-state index in [1.54, 1.807) is 6.07 Å². The summed E-state index contributed by atoms with van der Waals surface area (Å²) < 4.78 is 0. The molecule has 0 saturated carbocycles. The van der Waals surface area contributed by atoms with Gasteiger partial charge in [0.15, 0.2) is 0 Å². The molecule has 0 bridgehead atoms. The topological polar surface area (TPSA) is 20.2 Å². The molecule has 0 fully saturated rings. The van der Waals surface area contributed by atoms with E-state index in [9.17, 15) is 5.11 Å². The van der Waals surface area contributed by atoms with Gasteiger partial charge in [-0.3, -0.25) is 0 Å². The highest BCUT2D eigenvalue weighted by Gasteiger charge is 2.07. The highest BCUT2D eigenvalue weighted by Crippen LogP contribution is 2.30. The van der Waals surface area contributed by atoms with E-state index in [1.807, 2.05) is 42.5 Å². The lowest BCUT2D eigenvalue weighted by molar-refractivity contribution is 0.282. The Kier molecular flexibility index (Phi) is 4.05. The van der Waals surface area contributed by atoms with Crippen LogP contribution in [0.25, 0.3) is 22.3 Å². The van der Waals surface area contributed by atoms with Crippen LogP contribution in [0, 0.1) is 0 Å². The fraction of sp³-hybridized carbons (Fsp3) is 0.0526. The van der Waals surface area contributed by atoms with Gasteiger partial charge in [-0.2, -0.15) is 0 Å². The van der Waals surface area contributed by atoms with E-state index in [0.29, 0.717) is 5.02 Å². The maximum absolute atomic E-state index is 9.51. The Morgan fingerprint density at radius 1 is 0.714 bits per heavy atom. The third-order valence-electron chi connectivity index (χ3n) is 3.52. The first kappa shape index (κ1) is 13.9. The third-order valence-corrected chi connectivity index (χ3v) is 3.76. The van der Waals surface area contributed by atoms with Gasteiger partial charge in [-0.25, -0.2) is 0 Å². The molecule has 0 atom stereocenters. The van der Waals surface area contributed by atoms with E-state index in [0.717, 1.165) is 22.3 Å². The maximum Gasteiger partial charge on any atom is 0.0687 e. The van der Waals surface area contributed by atoms with Crippen LogP contribution >= 0.6 is 11.6 Å². The lowest BCUT2D eigenvalue weighted by Gasteiger charge is -2.10. The fourth-order valence-electron chi connectivity index (χ4n) is 2.45. The van der Waals surface area contributed by atoms with Crippen molar-refractivity contribution in [3.63, 3.8) is 0 Å². The van der Waals surface area contributed by atoms with Crippen LogP contribution in [0.4, 0.5) is 0 Å². The first-order chi connectivity index (χ1) is 10.3. The molecule has 0 saturated heterocycles. The molecule has 3 aromatic carbocycles. The Bertz CT molecular complexity index is 751. The van der Waals surface area contributed by atoms with E-state index in [-0.39, 0.29) is 6.61 Å². The molecular formula is C19H15ClO. The standard InChI is InChI=1S/C19H15ClO/c20-18-10-9-17(13-21)19(12-18)16-8-4-7-15(11-16)14-5-2-1-3-6-14/h1-12,21H,13H2. The van der Waals surface area contributed by atoms with Gasteiger partial charge in [0.2, 0.25) is 0 Å². The summed E-state index contributed by atoms with van der Waals surface area (Å²) in [6.45, 7) is 0.00205. The van der Waals surface area contributed by atoms with Crippen LogP contribution in [0.5, 0.6) is 0 Å². The minimum Gasteiger partial charge on any atom is -0.392 e. The lowest BCUT2D eigenvalue weighted by Crippen LogP contribution is -1.90. The van der Waals surface area contributed by atoms with Gasteiger partial charge in [0, 0.05) is 5.02 Å². The van der Waals surface area contributed by atoms with Crippen molar-refractivity contribution in [2.75, 3.05) is 0 Å². The average Bonchev–Trinajstić information content (AvgIpc) is 2.56. The molecule has 0 unspecified atom stereocenters. The summed E-state index contributed by atoms with van der Waals surface area (Å²) in [6, 6.07) is 24.1. The molecule has 0 aromatic heterocycles. The third kappa shape index (κ3) is 2.99. The fourth-order valence-corrected chi connectivity index (χ4v) is 2.62. The zero-order valence-corrected chi connectivity index (χ0v) is 12.2. The number of rotatable bonds is 3. The van der Waals surface area contributed by atoms with Crippen molar-refractivity contribution in [2.24, 2.45) is 0 Å². The number of benzene rings is 3. The van der Waals surface area contributed by atoms with Gasteiger partial charge in [0.25, 0.3) is 0 Å². The average molecular weight is 295 g/mol. The minimum absolute atomic E-state index is 0.00205. The summed E-state index contributed by atoms with van der Waals surface area (Å²) in [7, 11) is 0. The van der Waals surface area contributed by atoms with Gasteiger partial charge >= 0.3 is 0 Å². The van der Waals surface area contributed by atoms with E-state index in [1.165, 1.54) is 5.56 Å². The molecule has 0 radical (unpaired) electrons. The molecule has 2 heteroatoms. The van der Waals surface area contributed by atoms with E-state index >= 15 is 0 Å². The number of halogens is 1. The molecule has 0 spiro atoms. The molecular weight excluding hydrogens is 280 g/mol. The number of hydrogen-bond donors (Lipinski definition) is 1. The van der Waals surface area contributed by atoms with Crippen molar-refractivity contribution >= 4 is 11.6 Å². The monoisotopic (exact) mass is 294 g/mol. The summed E-state index contributed by atoms with van der Waals surface area (Å²) in [5.41, 5.74) is 5.24. The Balaban J connectivity index is 2.10. The highest BCUT2D eigenvalue weighted by molar-refractivity contribution is 6.30. The smallest absolute Gasteiger partial charge is 0.0687 e. The van der Waals surface area contributed by atoms with Crippen molar-refractivity contribution in [3.8, 4) is 22.3 Å². The Morgan fingerprint density at radius 2 is 1.43 bits per heavy atom. The van der Waals surface area contributed by atoms with Gasteiger partial charge in [-0.15, -0.1) is 0 Å². The molecule has 1 N–H and O–H groups in total. The van der Waals surface area contributed by atoms with Gasteiger partial charge in [-0.1, -0.05) is 66.2 Å². The van der Waals surface area contributed by atoms with Crippen LogP contribution < -0.4 is 0 Å². The zero-order chi connectivity index (χ0) is 14.7. The van der Waals surface area contributed by atoms with Crippen molar-refractivity contribution < 1.29 is 5.11 Å². The molecule has 21 heavy (non-hydrogen) atoms. The summed E-state index contributed by atoms with van der Waals surface area (Å²) in [5, 5.41) is 10.2. The van der Waals surface area contributed by atoms with Gasteiger partial charge in [-0.05, 0) is 46.0 Å². The molecule has 0 amide bonds. The first-order valence-electron chi connectivity index (χ1n) is 6.83. The normalized spacial score (nSPS) is 10.6. The summed E-state index contributed by atoms with van der Waals surface area (Å²) in [4.78, 5) is 0. The second-order valence-corrected chi connectivity index (χ2v) is 5.34. The Morgan fingerprint density at radius 3 is 2.19 bits per heavy atom. The number of aliphatic hydroxyl groups excluding tert-OH is 1. The SMILES string of the molecule is OCc1ccc(Cl)cc1-c1cccc(-c2ccccc2)c1. The summed E-state index contributed by atoms with van der Waals surface area (Å²) in [6.07, 6.45) is 0. The van der Waals surface area contributed by atoms with Gasteiger partial charge in [0.1, 0.15) is 0 Å². The van der Waals surface area contributed by atoms with E-state index in [2.05, 4.69) is 24.3 Å². The van der Waals surface area contributed by atoms with Crippen molar-refractivity contribution in [3.05, 3.63) is 83.4 Å². The van der Waals surface area contributed by atoms with Crippen LogP contribution in [0.3, 0.4) is 0 Å². The molecule has 3 rings (SSSR count). The summed E-state index contributed by atoms with van der Waals surface area (Å²) >= 11 is 6.10. The Hall–Kier alpha value is -2.09. The van der Waals surface area contributed by atoms with E-state index < -0.39 is 0 Å². The first-order valence-corrected chi connectivity index (χ1v) is 7.21. The molecule has 0 heterocycles. The Labute approximate surface area is 129 Å². The summed E-state index contributed by atoms with van der Waals surface area (Å²) in [5.74, 6) is 0. The largest absolute Gasteiger partial charge is 0.392 e. The lowest BCUT2D eigenvalue weighted by atomic mass is 9.96. The van der Waals surface area contributed by atoms with Gasteiger partial charge in [0.05, 0.1) is 6.61 Å². The minimum atomic E-state index is 0.00205. The van der Waals surface area contributed by atoms with Crippen LogP contribution in [0.15, 0.2) is 72.8 Å². The molecule has 1 nitrogen and oxygen atoms in total. The molecule has 0 aliphatic rings. The predicted octanol–water partition coefficient (Wildman–Crippen LogP) is 5.17. The van der Waals surface area contributed by atoms with E-state index in [4.69, 9.17) is 11.6 Å². The highest BCUT2D eigenvalue weighted by atomic mass is 35.5. The molecule has 0 aliphatic carbocycles. The second kappa shape index (κ2) is 6.13. The number of aliphatic hydroxyl groups is 1. The van der Waals surface area contributed by atoms with Crippen molar-refractivity contribution in [1.82, 2.24) is 0 Å². The van der Waals surface area contributed by atoms with Crippen molar-refractivity contribution in [1.29, 1.82) is 0 Å². The number of hydrogen-bond acceptors (Lipinski definition) is 1. The predicted molar refractivity (Wildman–Crippen MR) is 88.2 cm³/mol. The van der Waals surface area contributed by atoms with Crippen molar-refractivity contribution in [2.45, 2.75) is 6.61 Å². The van der Waals surface area contributed by atoms with Crippen LogP contribution in [0.1, 0.15) is 5.56 Å². The maximum atomic E-state index is 9.51. The molecule has 0 aliphatic heterocycles. The zero-order valence-electron chi connectivity index (χ0n) is 11.5. The van der Waals surface area contributed by atoms with Crippen LogP contribution in [0.2, 0.25) is 5.02 Å². The molecule has 104 valence electrons. The van der Waals surface area contributed by atoms with Crippen LogP contribution in [-0.2, 0) is 6.61 Å². The van der Waals surface area contributed by atoms with Crippen LogP contribution in [-0.4, -0.2) is 5.11 Å². The van der Waals surface area contributed by atoms with Gasteiger partial charge < -0.3 is 5.11 Å². The molecule has 3 aromatic rings. The quantitative estimate of drug-likeness (QED) is 0.707.